The van der Waals surface area contributed by atoms with Crippen LogP contribution in [0.4, 0.5) is 0 Å². The number of unbranched alkanes of at least 4 members (excludes halogenated alkanes) is 1. The number of aliphatic hydroxyl groups excluding tert-OH is 2. The third kappa shape index (κ3) is 5.88. The Morgan fingerprint density at radius 1 is 1.12 bits per heavy atom. The highest BCUT2D eigenvalue weighted by Crippen LogP contribution is 1.95. The molecule has 0 rings (SSSR count). The van der Waals surface area contributed by atoms with Gasteiger partial charge in [-0.2, -0.15) is 0 Å². The average Bonchev–Trinajstić information content (AvgIpc) is 1.66. The summed E-state index contributed by atoms with van der Waals surface area (Å²) in [6.07, 6.45) is 0.480. The summed E-state index contributed by atoms with van der Waals surface area (Å²) in [5.41, 5.74) is 0. The Morgan fingerprint density at radius 2 is 1.75 bits per heavy atom. The lowest BCUT2D eigenvalue weighted by atomic mass is 10.2. The first kappa shape index (κ1) is 7.88. The largest absolute Gasteiger partial charge is 0.396 e. The summed E-state index contributed by atoms with van der Waals surface area (Å²) in [4.78, 5) is 0. The van der Waals surface area contributed by atoms with Gasteiger partial charge in [-0.1, -0.05) is 0 Å². The van der Waals surface area contributed by atoms with Crippen molar-refractivity contribution < 1.29 is 15.3 Å². The summed E-state index contributed by atoms with van der Waals surface area (Å²) in [6.45, 7) is 0.132. The maximum absolute atomic E-state index is 8.25. The summed E-state index contributed by atoms with van der Waals surface area (Å²) in [5.74, 6) is 0. The molecule has 3 N–H and O–H groups in total. The van der Waals surface area contributed by atoms with Crippen LogP contribution in [0.15, 0.2) is 0 Å². The third-order valence-corrected chi connectivity index (χ3v) is 0.870. The minimum Gasteiger partial charge on any atom is -0.396 e. The SMILES string of the molecule is OCCCCC(O)O. The quantitative estimate of drug-likeness (QED) is 0.345. The van der Waals surface area contributed by atoms with Crippen molar-refractivity contribution in [2.24, 2.45) is 0 Å². The van der Waals surface area contributed by atoms with Gasteiger partial charge in [-0.3, -0.25) is 0 Å². The monoisotopic (exact) mass is 120 g/mol. The highest BCUT2D eigenvalue weighted by atomic mass is 16.5. The van der Waals surface area contributed by atoms with E-state index in [1.807, 2.05) is 0 Å². The lowest BCUT2D eigenvalue weighted by Gasteiger charge is -1.99. The molecule has 0 saturated carbocycles. The second kappa shape index (κ2) is 5.03. The van der Waals surface area contributed by atoms with Gasteiger partial charge in [-0.05, 0) is 19.3 Å². The summed E-state index contributed by atoms with van der Waals surface area (Å²) >= 11 is 0. The van der Waals surface area contributed by atoms with Gasteiger partial charge < -0.3 is 15.3 Å². The molecular formula is C5H12O3. The van der Waals surface area contributed by atoms with Gasteiger partial charge in [0.25, 0.3) is 0 Å². The average molecular weight is 120 g/mol. The molecule has 0 bridgehead atoms. The lowest BCUT2D eigenvalue weighted by molar-refractivity contribution is -0.0469. The van der Waals surface area contributed by atoms with Crippen molar-refractivity contribution in [2.45, 2.75) is 25.6 Å². The molecule has 8 heavy (non-hydrogen) atoms. The Morgan fingerprint density at radius 3 is 2.12 bits per heavy atom. The van der Waals surface area contributed by atoms with Crippen LogP contribution in [0.1, 0.15) is 19.3 Å². The van der Waals surface area contributed by atoms with Crippen LogP contribution in [0.5, 0.6) is 0 Å². The molecule has 0 heterocycles. The minimum atomic E-state index is -1.21. The van der Waals surface area contributed by atoms with Gasteiger partial charge in [0.2, 0.25) is 0 Å². The molecule has 0 amide bonds. The van der Waals surface area contributed by atoms with Crippen LogP contribution in [0.25, 0.3) is 0 Å². The zero-order valence-electron chi connectivity index (χ0n) is 4.75. The van der Waals surface area contributed by atoms with E-state index < -0.39 is 6.29 Å². The van der Waals surface area contributed by atoms with E-state index in [4.69, 9.17) is 15.3 Å². The predicted octanol–water partition coefficient (Wildman–Crippen LogP) is -0.540. The molecule has 0 atom stereocenters. The van der Waals surface area contributed by atoms with Crippen molar-refractivity contribution in [1.82, 2.24) is 0 Å². The molecule has 0 aliphatic heterocycles. The molecule has 3 heteroatoms. The fraction of sp³-hybridized carbons (Fsp3) is 1.00. The third-order valence-electron chi connectivity index (χ3n) is 0.870. The standard InChI is InChI=1S/C5H12O3/c6-4-2-1-3-5(7)8/h5-8H,1-4H2. The van der Waals surface area contributed by atoms with Crippen LogP contribution in [0, 0.1) is 0 Å². The molecular weight excluding hydrogens is 108 g/mol. The van der Waals surface area contributed by atoms with E-state index in [9.17, 15) is 0 Å². The van der Waals surface area contributed by atoms with Crippen LogP contribution in [-0.4, -0.2) is 28.2 Å². The van der Waals surface area contributed by atoms with E-state index in [2.05, 4.69) is 0 Å². The first-order valence-corrected chi connectivity index (χ1v) is 2.74. The van der Waals surface area contributed by atoms with Crippen LogP contribution >= 0.6 is 0 Å². The highest BCUT2D eigenvalue weighted by Gasteiger charge is 1.94. The first-order chi connectivity index (χ1) is 3.77. The van der Waals surface area contributed by atoms with E-state index in [-0.39, 0.29) is 6.61 Å². The van der Waals surface area contributed by atoms with Gasteiger partial charge in [-0.25, -0.2) is 0 Å². The van der Waals surface area contributed by atoms with E-state index in [1.165, 1.54) is 0 Å². The van der Waals surface area contributed by atoms with Crippen LogP contribution in [0.3, 0.4) is 0 Å². The van der Waals surface area contributed by atoms with Crippen molar-refractivity contribution >= 4 is 0 Å². The molecule has 0 aromatic heterocycles. The fourth-order valence-electron chi connectivity index (χ4n) is 0.439. The Labute approximate surface area is 48.6 Å². The maximum Gasteiger partial charge on any atom is 0.151 e. The highest BCUT2D eigenvalue weighted by molar-refractivity contribution is 4.40. The normalized spacial score (nSPS) is 10.5. The zero-order chi connectivity index (χ0) is 6.41. The van der Waals surface area contributed by atoms with Gasteiger partial charge in [0, 0.05) is 6.61 Å². The smallest absolute Gasteiger partial charge is 0.151 e. The molecule has 0 radical (unpaired) electrons. The molecule has 0 aliphatic rings. The van der Waals surface area contributed by atoms with Crippen molar-refractivity contribution in [3.05, 3.63) is 0 Å². The van der Waals surface area contributed by atoms with E-state index in [1.54, 1.807) is 0 Å². The molecule has 0 saturated heterocycles. The molecule has 3 nitrogen and oxygen atoms in total. The Bertz CT molecular complexity index is 44.9. The van der Waals surface area contributed by atoms with Crippen molar-refractivity contribution in [3.8, 4) is 0 Å². The van der Waals surface area contributed by atoms with Gasteiger partial charge >= 0.3 is 0 Å². The summed E-state index contributed by atoms with van der Waals surface area (Å²) in [5, 5.41) is 24.7. The van der Waals surface area contributed by atoms with Crippen molar-refractivity contribution in [2.75, 3.05) is 6.61 Å². The summed E-state index contributed by atoms with van der Waals surface area (Å²) < 4.78 is 0. The molecule has 50 valence electrons. The summed E-state index contributed by atoms with van der Waals surface area (Å²) in [7, 11) is 0. The van der Waals surface area contributed by atoms with Crippen molar-refractivity contribution in [1.29, 1.82) is 0 Å². The number of hydrogen-bond donors (Lipinski definition) is 3. The second-order valence-electron chi connectivity index (χ2n) is 1.70. The lowest BCUT2D eigenvalue weighted by Crippen LogP contribution is -2.03. The minimum absolute atomic E-state index is 0.132. The molecule has 0 aromatic carbocycles. The van der Waals surface area contributed by atoms with E-state index in [0.29, 0.717) is 19.3 Å². The van der Waals surface area contributed by atoms with E-state index in [0.717, 1.165) is 0 Å². The number of aliphatic hydroxyl groups is 3. The molecule has 0 aliphatic carbocycles. The van der Waals surface area contributed by atoms with Gasteiger partial charge in [0.1, 0.15) is 0 Å². The molecule has 0 unspecified atom stereocenters. The molecule has 0 fully saturated rings. The molecule has 0 spiro atoms. The zero-order valence-corrected chi connectivity index (χ0v) is 4.75. The fourth-order valence-corrected chi connectivity index (χ4v) is 0.439. The van der Waals surface area contributed by atoms with Crippen molar-refractivity contribution in [3.63, 3.8) is 0 Å². The Balaban J connectivity index is 2.72. The first-order valence-electron chi connectivity index (χ1n) is 2.74. The van der Waals surface area contributed by atoms with Crippen LogP contribution in [0.2, 0.25) is 0 Å². The summed E-state index contributed by atoms with van der Waals surface area (Å²) in [6, 6.07) is 0. The van der Waals surface area contributed by atoms with Gasteiger partial charge in [-0.15, -0.1) is 0 Å². The van der Waals surface area contributed by atoms with E-state index >= 15 is 0 Å². The van der Waals surface area contributed by atoms with Gasteiger partial charge in [0.05, 0.1) is 0 Å². The number of hydrogen-bond acceptors (Lipinski definition) is 3. The van der Waals surface area contributed by atoms with Gasteiger partial charge in [0.15, 0.2) is 6.29 Å². The topological polar surface area (TPSA) is 60.7 Å². The predicted molar refractivity (Wildman–Crippen MR) is 29.2 cm³/mol. The van der Waals surface area contributed by atoms with Crippen LogP contribution < -0.4 is 0 Å². The maximum atomic E-state index is 8.25. The second-order valence-corrected chi connectivity index (χ2v) is 1.70. The number of rotatable bonds is 4. The Hall–Kier alpha value is -0.120. The Kier molecular flexibility index (Phi) is 4.95. The molecule has 0 aromatic rings. The van der Waals surface area contributed by atoms with Crippen LogP contribution in [-0.2, 0) is 0 Å².